The van der Waals surface area contributed by atoms with E-state index >= 15 is 0 Å². The number of hydrogen-bond donors (Lipinski definition) is 1. The lowest BCUT2D eigenvalue weighted by atomic mass is 9.92. The molecular formula is C19H24N2O2. The molecule has 0 radical (unpaired) electrons. The van der Waals surface area contributed by atoms with Crippen molar-refractivity contribution in [3.63, 3.8) is 0 Å². The standard InChI is InChI=1S/C19H24N2O2/c1-19(2,3)12-17(22)20-13-15-7-9-16(10-8-15)14-21-11-5-4-6-18(21)23/h4-11H,12-14H2,1-3H3,(H,20,22). The van der Waals surface area contributed by atoms with Crippen LogP contribution >= 0.6 is 0 Å². The fourth-order valence-electron chi connectivity index (χ4n) is 2.30. The number of amides is 1. The third kappa shape index (κ3) is 5.74. The second kappa shape index (κ2) is 7.27. The topological polar surface area (TPSA) is 51.1 Å². The van der Waals surface area contributed by atoms with Crippen LogP contribution in [-0.4, -0.2) is 10.5 Å². The van der Waals surface area contributed by atoms with Crippen molar-refractivity contribution in [3.05, 3.63) is 70.1 Å². The second-order valence-electron chi connectivity index (χ2n) is 7.00. The van der Waals surface area contributed by atoms with Crippen LogP contribution in [0.15, 0.2) is 53.5 Å². The summed E-state index contributed by atoms with van der Waals surface area (Å²) < 4.78 is 1.67. The minimum atomic E-state index is -0.00831. The van der Waals surface area contributed by atoms with Gasteiger partial charge in [-0.2, -0.15) is 0 Å². The van der Waals surface area contributed by atoms with Gasteiger partial charge in [-0.25, -0.2) is 0 Å². The summed E-state index contributed by atoms with van der Waals surface area (Å²) in [6, 6.07) is 13.1. The molecule has 1 aromatic heterocycles. The molecule has 0 bridgehead atoms. The Morgan fingerprint density at radius 2 is 1.70 bits per heavy atom. The smallest absolute Gasteiger partial charge is 0.250 e. The molecule has 2 rings (SSSR count). The summed E-state index contributed by atoms with van der Waals surface area (Å²) in [6.45, 7) is 7.23. The Bertz CT molecular complexity index is 709. The Labute approximate surface area is 137 Å². The van der Waals surface area contributed by atoms with E-state index < -0.39 is 0 Å². The summed E-state index contributed by atoms with van der Waals surface area (Å²) in [4.78, 5) is 23.5. The lowest BCUT2D eigenvalue weighted by molar-refractivity contribution is -0.122. The van der Waals surface area contributed by atoms with E-state index in [9.17, 15) is 9.59 Å². The average molecular weight is 312 g/mol. The van der Waals surface area contributed by atoms with Crippen LogP contribution in [0.2, 0.25) is 0 Å². The van der Waals surface area contributed by atoms with E-state index in [4.69, 9.17) is 0 Å². The number of hydrogen-bond acceptors (Lipinski definition) is 2. The molecule has 0 aliphatic carbocycles. The first-order chi connectivity index (χ1) is 10.8. The average Bonchev–Trinajstić information content (AvgIpc) is 2.47. The Hall–Kier alpha value is -2.36. The Balaban J connectivity index is 1.91. The molecule has 2 aromatic rings. The van der Waals surface area contributed by atoms with Gasteiger partial charge in [-0.3, -0.25) is 9.59 Å². The number of carbonyl (C=O) groups is 1. The van der Waals surface area contributed by atoms with E-state index in [0.717, 1.165) is 11.1 Å². The predicted octanol–water partition coefficient (Wildman–Crippen LogP) is 2.95. The van der Waals surface area contributed by atoms with Crippen molar-refractivity contribution in [2.24, 2.45) is 5.41 Å². The van der Waals surface area contributed by atoms with Crippen molar-refractivity contribution < 1.29 is 4.79 Å². The van der Waals surface area contributed by atoms with Crippen LogP contribution in [0.3, 0.4) is 0 Å². The molecule has 0 aliphatic heterocycles. The van der Waals surface area contributed by atoms with E-state index in [1.54, 1.807) is 22.9 Å². The molecule has 23 heavy (non-hydrogen) atoms. The van der Waals surface area contributed by atoms with Gasteiger partial charge in [0.25, 0.3) is 5.56 Å². The van der Waals surface area contributed by atoms with Crippen LogP contribution in [-0.2, 0) is 17.9 Å². The van der Waals surface area contributed by atoms with E-state index in [1.165, 1.54) is 0 Å². The quantitative estimate of drug-likeness (QED) is 0.923. The highest BCUT2D eigenvalue weighted by Gasteiger charge is 2.15. The lowest BCUT2D eigenvalue weighted by Gasteiger charge is -2.17. The van der Waals surface area contributed by atoms with E-state index in [2.05, 4.69) is 5.32 Å². The number of nitrogens with zero attached hydrogens (tertiary/aromatic N) is 1. The molecule has 0 atom stereocenters. The van der Waals surface area contributed by atoms with Crippen molar-refractivity contribution in [1.82, 2.24) is 9.88 Å². The minimum absolute atomic E-state index is 0.00309. The summed E-state index contributed by atoms with van der Waals surface area (Å²) >= 11 is 0. The molecule has 1 heterocycles. The maximum absolute atomic E-state index is 11.8. The van der Waals surface area contributed by atoms with Gasteiger partial charge in [0, 0.05) is 25.2 Å². The van der Waals surface area contributed by atoms with E-state index in [-0.39, 0.29) is 16.9 Å². The number of pyridine rings is 1. The highest BCUT2D eigenvalue weighted by atomic mass is 16.1. The molecule has 0 aliphatic rings. The highest BCUT2D eigenvalue weighted by molar-refractivity contribution is 5.76. The van der Waals surface area contributed by atoms with Crippen LogP contribution in [0.4, 0.5) is 0 Å². The summed E-state index contributed by atoms with van der Waals surface area (Å²) in [7, 11) is 0. The van der Waals surface area contributed by atoms with Crippen LogP contribution in [0.5, 0.6) is 0 Å². The fourth-order valence-corrected chi connectivity index (χ4v) is 2.30. The van der Waals surface area contributed by atoms with Gasteiger partial charge in [-0.15, -0.1) is 0 Å². The molecule has 4 nitrogen and oxygen atoms in total. The number of benzene rings is 1. The molecule has 0 unspecified atom stereocenters. The Kier molecular flexibility index (Phi) is 5.37. The lowest BCUT2D eigenvalue weighted by Crippen LogP contribution is -2.27. The Morgan fingerprint density at radius 3 is 2.30 bits per heavy atom. The van der Waals surface area contributed by atoms with Crippen molar-refractivity contribution in [2.75, 3.05) is 0 Å². The van der Waals surface area contributed by atoms with Gasteiger partial charge in [0.1, 0.15) is 0 Å². The molecule has 1 aromatic carbocycles. The van der Waals surface area contributed by atoms with Gasteiger partial charge >= 0.3 is 0 Å². The molecule has 1 amide bonds. The van der Waals surface area contributed by atoms with Gasteiger partial charge in [-0.05, 0) is 22.6 Å². The van der Waals surface area contributed by atoms with E-state index in [0.29, 0.717) is 19.5 Å². The van der Waals surface area contributed by atoms with Crippen LogP contribution in [0.1, 0.15) is 38.3 Å². The zero-order valence-electron chi connectivity index (χ0n) is 14.0. The van der Waals surface area contributed by atoms with Gasteiger partial charge in [0.15, 0.2) is 0 Å². The third-order valence-corrected chi connectivity index (χ3v) is 3.46. The SMILES string of the molecule is CC(C)(C)CC(=O)NCc1ccc(Cn2ccccc2=O)cc1. The molecule has 0 saturated heterocycles. The van der Waals surface area contributed by atoms with Gasteiger partial charge < -0.3 is 9.88 Å². The van der Waals surface area contributed by atoms with Gasteiger partial charge in [0.05, 0.1) is 6.54 Å². The first-order valence-corrected chi connectivity index (χ1v) is 7.83. The van der Waals surface area contributed by atoms with Gasteiger partial charge in [0.2, 0.25) is 5.91 Å². The largest absolute Gasteiger partial charge is 0.352 e. The number of nitrogens with one attached hydrogen (secondary N) is 1. The first kappa shape index (κ1) is 17.0. The monoisotopic (exact) mass is 312 g/mol. The summed E-state index contributed by atoms with van der Waals surface area (Å²) in [5.74, 6) is 0.0671. The molecule has 122 valence electrons. The molecule has 4 heteroatoms. The summed E-state index contributed by atoms with van der Waals surface area (Å²) in [6.07, 6.45) is 2.30. The maximum Gasteiger partial charge on any atom is 0.250 e. The Morgan fingerprint density at radius 1 is 1.04 bits per heavy atom. The van der Waals surface area contributed by atoms with Crippen molar-refractivity contribution in [2.45, 2.75) is 40.3 Å². The van der Waals surface area contributed by atoms with Crippen molar-refractivity contribution in [3.8, 4) is 0 Å². The zero-order valence-corrected chi connectivity index (χ0v) is 14.0. The van der Waals surface area contributed by atoms with Crippen LogP contribution in [0.25, 0.3) is 0 Å². The maximum atomic E-state index is 11.8. The van der Waals surface area contributed by atoms with Crippen LogP contribution < -0.4 is 10.9 Å². The molecule has 1 N–H and O–H groups in total. The van der Waals surface area contributed by atoms with Crippen molar-refractivity contribution >= 4 is 5.91 Å². The zero-order chi connectivity index (χ0) is 16.9. The van der Waals surface area contributed by atoms with Crippen LogP contribution in [0, 0.1) is 5.41 Å². The highest BCUT2D eigenvalue weighted by Crippen LogP contribution is 2.17. The summed E-state index contributed by atoms with van der Waals surface area (Å²) in [5.41, 5.74) is 2.10. The molecule has 0 fully saturated rings. The summed E-state index contributed by atoms with van der Waals surface area (Å²) in [5, 5.41) is 2.94. The first-order valence-electron chi connectivity index (χ1n) is 7.83. The fraction of sp³-hybridized carbons (Fsp3) is 0.368. The molecule has 0 saturated carbocycles. The predicted molar refractivity (Wildman–Crippen MR) is 92.2 cm³/mol. The molecule has 0 spiro atoms. The third-order valence-electron chi connectivity index (χ3n) is 3.46. The number of aromatic nitrogens is 1. The van der Waals surface area contributed by atoms with Gasteiger partial charge in [-0.1, -0.05) is 51.1 Å². The normalized spacial score (nSPS) is 11.3. The molecular weight excluding hydrogens is 288 g/mol. The number of rotatable bonds is 5. The van der Waals surface area contributed by atoms with Crippen molar-refractivity contribution in [1.29, 1.82) is 0 Å². The number of carbonyl (C=O) groups excluding carboxylic acids is 1. The minimum Gasteiger partial charge on any atom is -0.352 e. The second-order valence-corrected chi connectivity index (χ2v) is 7.00. The van der Waals surface area contributed by atoms with E-state index in [1.807, 2.05) is 51.1 Å².